The van der Waals surface area contributed by atoms with E-state index < -0.39 is 0 Å². The van der Waals surface area contributed by atoms with Gasteiger partial charge < -0.3 is 4.74 Å². The third-order valence-electron chi connectivity index (χ3n) is 1.91. The normalized spacial score (nSPS) is 10.2. The summed E-state index contributed by atoms with van der Waals surface area (Å²) in [7, 11) is 0. The Balaban J connectivity index is 2.34. The summed E-state index contributed by atoms with van der Waals surface area (Å²) < 4.78 is 5.51. The van der Waals surface area contributed by atoms with Crippen LogP contribution in [0.2, 0.25) is 10.0 Å². The number of benzene rings is 1. The molecule has 4 heteroatoms. The molecule has 1 aromatic heterocycles. The van der Waals surface area contributed by atoms with E-state index in [1.54, 1.807) is 36.4 Å². The fraction of sp³-hybridized carbons (Fsp3) is 0. The molecule has 2 rings (SSSR count). The minimum absolute atomic E-state index is 0.406. The van der Waals surface area contributed by atoms with E-state index in [0.29, 0.717) is 27.4 Å². The number of nitrogens with zero attached hydrogens (tertiary/aromatic N) is 1. The largest absolute Gasteiger partial charge is 0.436 e. The predicted octanol–water partition coefficient (Wildman–Crippen LogP) is 4.36. The van der Waals surface area contributed by atoms with Crippen LogP contribution in [-0.2, 0) is 0 Å². The topological polar surface area (TPSA) is 22.1 Å². The summed E-state index contributed by atoms with van der Waals surface area (Å²) in [5.74, 6) is 0.825. The molecule has 0 saturated heterocycles. The highest BCUT2D eigenvalue weighted by atomic mass is 35.5. The summed E-state index contributed by atoms with van der Waals surface area (Å²) in [5, 5.41) is 0.896. The van der Waals surface area contributed by atoms with Crippen LogP contribution >= 0.6 is 23.2 Å². The zero-order valence-corrected chi connectivity index (χ0v) is 9.79. The van der Waals surface area contributed by atoms with Gasteiger partial charge in [-0.3, -0.25) is 0 Å². The Morgan fingerprint density at radius 3 is 2.25 bits per heavy atom. The summed E-state index contributed by atoms with van der Waals surface area (Å²) >= 11 is 11.9. The molecule has 1 aromatic carbocycles. The van der Waals surface area contributed by atoms with Crippen molar-refractivity contribution in [3.05, 3.63) is 59.1 Å². The van der Waals surface area contributed by atoms with Gasteiger partial charge in [-0.05, 0) is 25.1 Å². The lowest BCUT2D eigenvalue weighted by molar-refractivity contribution is 0.463. The Bertz CT molecular complexity index is 494. The van der Waals surface area contributed by atoms with Gasteiger partial charge in [0, 0.05) is 11.8 Å². The third kappa shape index (κ3) is 2.46. The lowest BCUT2D eigenvalue weighted by Gasteiger charge is -2.08. The Kier molecular flexibility index (Phi) is 3.32. The molecule has 2 nitrogen and oxygen atoms in total. The number of para-hydroxylation sites is 1. The maximum absolute atomic E-state index is 5.97. The average molecular weight is 253 g/mol. The van der Waals surface area contributed by atoms with Gasteiger partial charge in [0.15, 0.2) is 5.75 Å². The molecule has 0 atom stereocenters. The summed E-state index contributed by atoms with van der Waals surface area (Å²) in [6, 6.07) is 10.5. The van der Waals surface area contributed by atoms with Crippen LogP contribution < -0.4 is 4.74 Å². The van der Waals surface area contributed by atoms with Crippen LogP contribution in [0, 0.1) is 6.92 Å². The molecule has 1 heterocycles. The molecule has 0 fully saturated rings. The minimum atomic E-state index is 0.406. The standard InChI is InChI=1S/C12H8Cl2NO/c1-8-4-2-7-11(15-8)16-12-9(13)5-3-6-10(12)14/h2-7H,1H2. The molecule has 0 N–H and O–H groups in total. The van der Waals surface area contributed by atoms with Gasteiger partial charge in [-0.15, -0.1) is 0 Å². The molecule has 0 aliphatic carbocycles. The summed E-state index contributed by atoms with van der Waals surface area (Å²) in [4.78, 5) is 4.10. The minimum Gasteiger partial charge on any atom is -0.436 e. The van der Waals surface area contributed by atoms with Gasteiger partial charge in [0.1, 0.15) is 0 Å². The Labute approximate surface area is 104 Å². The highest BCUT2D eigenvalue weighted by Crippen LogP contribution is 2.35. The van der Waals surface area contributed by atoms with E-state index in [1.807, 2.05) is 0 Å². The molecular formula is C12H8Cl2NO. The van der Waals surface area contributed by atoms with Gasteiger partial charge in [0.05, 0.1) is 10.0 Å². The highest BCUT2D eigenvalue weighted by Gasteiger charge is 2.08. The van der Waals surface area contributed by atoms with E-state index in [1.165, 1.54) is 0 Å². The summed E-state index contributed by atoms with van der Waals surface area (Å²) in [6.45, 7) is 3.71. The lowest BCUT2D eigenvalue weighted by Crippen LogP contribution is -1.90. The van der Waals surface area contributed by atoms with Crippen molar-refractivity contribution in [2.75, 3.05) is 0 Å². The van der Waals surface area contributed by atoms with E-state index in [9.17, 15) is 0 Å². The molecule has 0 spiro atoms. The van der Waals surface area contributed by atoms with Crippen molar-refractivity contribution in [2.24, 2.45) is 0 Å². The number of ether oxygens (including phenoxy) is 1. The van der Waals surface area contributed by atoms with E-state index in [4.69, 9.17) is 27.9 Å². The van der Waals surface area contributed by atoms with Crippen LogP contribution in [0.5, 0.6) is 11.6 Å². The number of rotatable bonds is 2. The van der Waals surface area contributed by atoms with Crippen molar-refractivity contribution in [3.63, 3.8) is 0 Å². The van der Waals surface area contributed by atoms with E-state index in [-0.39, 0.29) is 0 Å². The monoisotopic (exact) mass is 252 g/mol. The van der Waals surface area contributed by atoms with Crippen LogP contribution in [0.15, 0.2) is 36.4 Å². The lowest BCUT2D eigenvalue weighted by atomic mass is 10.3. The number of halogens is 2. The third-order valence-corrected chi connectivity index (χ3v) is 2.50. The molecule has 81 valence electrons. The Hall–Kier alpha value is -1.25. The SMILES string of the molecule is [CH2]c1cccc(Oc2c(Cl)cccc2Cl)n1. The molecule has 1 radical (unpaired) electrons. The summed E-state index contributed by atoms with van der Waals surface area (Å²) in [5.41, 5.74) is 0.626. The maximum atomic E-state index is 5.97. The molecule has 0 aliphatic heterocycles. The van der Waals surface area contributed by atoms with Crippen molar-refractivity contribution in [1.82, 2.24) is 4.98 Å². The molecule has 0 bridgehead atoms. The number of pyridine rings is 1. The number of hydrogen-bond donors (Lipinski definition) is 0. The van der Waals surface area contributed by atoms with E-state index in [2.05, 4.69) is 11.9 Å². The Morgan fingerprint density at radius 1 is 1.00 bits per heavy atom. The van der Waals surface area contributed by atoms with Gasteiger partial charge in [-0.25, -0.2) is 4.98 Å². The van der Waals surface area contributed by atoms with Crippen molar-refractivity contribution in [2.45, 2.75) is 0 Å². The molecule has 0 saturated carbocycles. The quantitative estimate of drug-likeness (QED) is 0.793. The van der Waals surface area contributed by atoms with Gasteiger partial charge in [-0.2, -0.15) is 0 Å². The molecule has 0 amide bonds. The molecule has 0 aliphatic rings. The van der Waals surface area contributed by atoms with Crippen LogP contribution in [0.4, 0.5) is 0 Å². The van der Waals surface area contributed by atoms with Crippen molar-refractivity contribution in [3.8, 4) is 11.6 Å². The number of aromatic nitrogens is 1. The first kappa shape index (κ1) is 11.2. The highest BCUT2D eigenvalue weighted by molar-refractivity contribution is 6.37. The molecule has 0 unspecified atom stereocenters. The number of hydrogen-bond acceptors (Lipinski definition) is 2. The van der Waals surface area contributed by atoms with Gasteiger partial charge >= 0.3 is 0 Å². The first-order valence-electron chi connectivity index (χ1n) is 4.58. The van der Waals surface area contributed by atoms with Crippen LogP contribution in [0.3, 0.4) is 0 Å². The van der Waals surface area contributed by atoms with Gasteiger partial charge in [-0.1, -0.05) is 35.3 Å². The first-order valence-corrected chi connectivity index (χ1v) is 5.33. The molecule has 16 heavy (non-hydrogen) atoms. The fourth-order valence-electron chi connectivity index (χ4n) is 1.20. The van der Waals surface area contributed by atoms with E-state index >= 15 is 0 Å². The smallest absolute Gasteiger partial charge is 0.219 e. The zero-order chi connectivity index (χ0) is 11.5. The van der Waals surface area contributed by atoms with Gasteiger partial charge in [0.25, 0.3) is 0 Å². The van der Waals surface area contributed by atoms with Crippen molar-refractivity contribution >= 4 is 23.2 Å². The van der Waals surface area contributed by atoms with Gasteiger partial charge in [0.2, 0.25) is 5.88 Å². The van der Waals surface area contributed by atoms with Crippen LogP contribution in [0.25, 0.3) is 0 Å². The molecular weight excluding hydrogens is 245 g/mol. The molecule has 2 aromatic rings. The van der Waals surface area contributed by atoms with Crippen molar-refractivity contribution in [1.29, 1.82) is 0 Å². The van der Waals surface area contributed by atoms with E-state index in [0.717, 1.165) is 0 Å². The fourth-order valence-corrected chi connectivity index (χ4v) is 1.67. The zero-order valence-electron chi connectivity index (χ0n) is 8.28. The predicted molar refractivity (Wildman–Crippen MR) is 65.2 cm³/mol. The first-order chi connectivity index (χ1) is 7.66. The van der Waals surface area contributed by atoms with Crippen molar-refractivity contribution < 1.29 is 4.74 Å². The second-order valence-corrected chi connectivity index (χ2v) is 3.93. The average Bonchev–Trinajstić information content (AvgIpc) is 2.24. The second-order valence-electron chi connectivity index (χ2n) is 3.12. The maximum Gasteiger partial charge on any atom is 0.219 e. The Morgan fingerprint density at radius 2 is 1.62 bits per heavy atom. The summed E-state index contributed by atoms with van der Waals surface area (Å²) in [6.07, 6.45) is 0. The second kappa shape index (κ2) is 4.73. The van der Waals surface area contributed by atoms with Crippen LogP contribution in [-0.4, -0.2) is 4.98 Å². The van der Waals surface area contributed by atoms with Crippen LogP contribution in [0.1, 0.15) is 5.69 Å².